The van der Waals surface area contributed by atoms with Gasteiger partial charge in [0, 0.05) is 15.7 Å². The Bertz CT molecular complexity index is 748. The maximum absolute atomic E-state index is 13.2. The van der Waals surface area contributed by atoms with E-state index in [1.165, 1.54) is 27.8 Å². The first-order valence-corrected chi connectivity index (χ1v) is 8.04. The van der Waals surface area contributed by atoms with E-state index in [0.717, 1.165) is 0 Å². The van der Waals surface area contributed by atoms with Crippen LogP contribution in [-0.4, -0.2) is 0 Å². The summed E-state index contributed by atoms with van der Waals surface area (Å²) in [5, 5.41) is 7.00. The van der Waals surface area contributed by atoms with Crippen LogP contribution in [0.5, 0.6) is 0 Å². The summed E-state index contributed by atoms with van der Waals surface area (Å²) in [5.74, 6) is -0.353. The van der Waals surface area contributed by atoms with Crippen molar-refractivity contribution in [2.24, 2.45) is 0 Å². The van der Waals surface area contributed by atoms with Gasteiger partial charge in [0.05, 0.1) is 10.7 Å². The third-order valence-corrected chi connectivity index (χ3v) is 4.96. The van der Waals surface area contributed by atoms with Gasteiger partial charge in [-0.25, -0.2) is 4.39 Å². The van der Waals surface area contributed by atoms with Gasteiger partial charge in [0.2, 0.25) is 0 Å². The molecular formula is C15H10BrClFNS. The Morgan fingerprint density at radius 3 is 2.85 bits per heavy atom. The zero-order valence-electron chi connectivity index (χ0n) is 10.3. The SMILES string of the molecule is Fc1cc(Cl)c(NCc2csc3ccccc23)c(Br)c1. The van der Waals surface area contributed by atoms with Gasteiger partial charge in [-0.2, -0.15) is 0 Å². The highest BCUT2D eigenvalue weighted by atomic mass is 79.9. The predicted molar refractivity (Wildman–Crippen MR) is 88.3 cm³/mol. The van der Waals surface area contributed by atoms with E-state index in [9.17, 15) is 4.39 Å². The fourth-order valence-corrected chi connectivity index (χ4v) is 3.99. The monoisotopic (exact) mass is 369 g/mol. The molecule has 102 valence electrons. The van der Waals surface area contributed by atoms with E-state index in [1.807, 2.05) is 12.1 Å². The summed E-state index contributed by atoms with van der Waals surface area (Å²) < 4.78 is 15.1. The highest BCUT2D eigenvalue weighted by Crippen LogP contribution is 2.33. The number of anilines is 1. The van der Waals surface area contributed by atoms with E-state index in [4.69, 9.17) is 11.6 Å². The number of hydrogen-bond donors (Lipinski definition) is 1. The third-order valence-electron chi connectivity index (χ3n) is 3.02. The average Bonchev–Trinajstić information content (AvgIpc) is 2.81. The molecule has 0 saturated heterocycles. The van der Waals surface area contributed by atoms with Crippen LogP contribution in [-0.2, 0) is 6.54 Å². The molecule has 1 aromatic heterocycles. The molecule has 0 aliphatic rings. The number of thiophene rings is 1. The molecule has 0 fully saturated rings. The molecule has 0 radical (unpaired) electrons. The van der Waals surface area contributed by atoms with Gasteiger partial charge in [-0.05, 0) is 50.5 Å². The lowest BCUT2D eigenvalue weighted by Crippen LogP contribution is -2.00. The third kappa shape index (κ3) is 2.68. The van der Waals surface area contributed by atoms with E-state index in [0.29, 0.717) is 21.7 Å². The van der Waals surface area contributed by atoms with Crippen molar-refractivity contribution in [1.82, 2.24) is 0 Å². The van der Waals surface area contributed by atoms with E-state index in [1.54, 1.807) is 11.3 Å². The molecule has 20 heavy (non-hydrogen) atoms. The molecule has 1 heterocycles. The number of halogens is 3. The Balaban J connectivity index is 1.87. The van der Waals surface area contributed by atoms with Crippen molar-refractivity contribution in [1.29, 1.82) is 0 Å². The first-order valence-electron chi connectivity index (χ1n) is 5.98. The van der Waals surface area contributed by atoms with Crippen molar-refractivity contribution in [3.63, 3.8) is 0 Å². The Kier molecular flexibility index (Phi) is 3.96. The molecule has 2 aromatic carbocycles. The van der Waals surface area contributed by atoms with Crippen molar-refractivity contribution < 1.29 is 4.39 Å². The summed E-state index contributed by atoms with van der Waals surface area (Å²) in [6.45, 7) is 0.647. The lowest BCUT2D eigenvalue weighted by Gasteiger charge is -2.10. The predicted octanol–water partition coefficient (Wildman–Crippen LogP) is 6.07. The van der Waals surface area contributed by atoms with Crippen LogP contribution >= 0.6 is 38.9 Å². The summed E-state index contributed by atoms with van der Waals surface area (Å²) in [4.78, 5) is 0. The van der Waals surface area contributed by atoms with Crippen LogP contribution in [0.1, 0.15) is 5.56 Å². The minimum atomic E-state index is -0.353. The molecule has 3 aromatic rings. The van der Waals surface area contributed by atoms with Crippen molar-refractivity contribution >= 4 is 54.6 Å². The summed E-state index contributed by atoms with van der Waals surface area (Å²) >= 11 is 11.1. The lowest BCUT2D eigenvalue weighted by molar-refractivity contribution is 0.627. The van der Waals surface area contributed by atoms with Crippen molar-refractivity contribution in [3.8, 4) is 0 Å². The standard InChI is InChI=1S/C15H10BrClFNS/c16-12-5-10(18)6-13(17)15(12)19-7-9-8-20-14-4-2-1-3-11(9)14/h1-6,8,19H,7H2. The molecule has 0 bridgehead atoms. The van der Waals surface area contributed by atoms with Gasteiger partial charge in [0.15, 0.2) is 0 Å². The van der Waals surface area contributed by atoms with Crippen molar-refractivity contribution in [2.75, 3.05) is 5.32 Å². The summed E-state index contributed by atoms with van der Waals surface area (Å²) in [6.07, 6.45) is 0. The normalized spacial score (nSPS) is 10.9. The Labute approximate surface area is 133 Å². The maximum Gasteiger partial charge on any atom is 0.125 e. The summed E-state index contributed by atoms with van der Waals surface area (Å²) in [6, 6.07) is 11.0. The molecule has 0 saturated carbocycles. The van der Waals surface area contributed by atoms with Crippen LogP contribution in [0.2, 0.25) is 5.02 Å². The van der Waals surface area contributed by atoms with Crippen LogP contribution in [0.15, 0.2) is 46.3 Å². The Morgan fingerprint density at radius 2 is 2.05 bits per heavy atom. The fourth-order valence-electron chi connectivity index (χ4n) is 2.06. The smallest absolute Gasteiger partial charge is 0.125 e. The van der Waals surface area contributed by atoms with Gasteiger partial charge >= 0.3 is 0 Å². The minimum Gasteiger partial charge on any atom is -0.379 e. The number of benzene rings is 2. The fraction of sp³-hybridized carbons (Fsp3) is 0.0667. The number of fused-ring (bicyclic) bond motifs is 1. The van der Waals surface area contributed by atoms with Crippen LogP contribution in [0.4, 0.5) is 10.1 Å². The molecule has 0 atom stereocenters. The molecule has 0 amide bonds. The summed E-state index contributed by atoms with van der Waals surface area (Å²) in [7, 11) is 0. The topological polar surface area (TPSA) is 12.0 Å². The number of rotatable bonds is 3. The van der Waals surface area contributed by atoms with Gasteiger partial charge in [0.1, 0.15) is 5.82 Å². The molecule has 3 rings (SSSR count). The van der Waals surface area contributed by atoms with E-state index >= 15 is 0 Å². The highest BCUT2D eigenvalue weighted by Gasteiger charge is 2.09. The highest BCUT2D eigenvalue weighted by molar-refractivity contribution is 9.10. The summed E-state index contributed by atoms with van der Waals surface area (Å²) in [5.41, 5.74) is 1.92. The average molecular weight is 371 g/mol. The first kappa shape index (κ1) is 13.9. The number of hydrogen-bond acceptors (Lipinski definition) is 2. The second-order valence-corrected chi connectivity index (χ2v) is 6.53. The lowest BCUT2D eigenvalue weighted by atomic mass is 10.2. The van der Waals surface area contributed by atoms with Gasteiger partial charge in [-0.3, -0.25) is 0 Å². The van der Waals surface area contributed by atoms with Crippen molar-refractivity contribution in [2.45, 2.75) is 6.54 Å². The largest absolute Gasteiger partial charge is 0.379 e. The van der Waals surface area contributed by atoms with Crippen LogP contribution < -0.4 is 5.32 Å². The van der Waals surface area contributed by atoms with Gasteiger partial charge in [-0.1, -0.05) is 29.8 Å². The van der Waals surface area contributed by atoms with Crippen LogP contribution in [0.3, 0.4) is 0 Å². The van der Waals surface area contributed by atoms with Crippen LogP contribution in [0, 0.1) is 5.82 Å². The molecule has 5 heteroatoms. The molecule has 1 nitrogen and oxygen atoms in total. The Hall–Kier alpha value is -1.10. The molecular weight excluding hydrogens is 361 g/mol. The first-order chi connectivity index (χ1) is 9.65. The molecule has 0 aliphatic heterocycles. The minimum absolute atomic E-state index is 0.353. The second-order valence-electron chi connectivity index (χ2n) is 4.36. The van der Waals surface area contributed by atoms with Crippen LogP contribution in [0.25, 0.3) is 10.1 Å². The zero-order chi connectivity index (χ0) is 14.1. The zero-order valence-corrected chi connectivity index (χ0v) is 13.4. The van der Waals surface area contributed by atoms with E-state index in [2.05, 4.69) is 38.8 Å². The molecule has 0 aliphatic carbocycles. The quantitative estimate of drug-likeness (QED) is 0.590. The Morgan fingerprint density at radius 1 is 1.25 bits per heavy atom. The van der Waals surface area contributed by atoms with Crippen molar-refractivity contribution in [3.05, 3.63) is 62.7 Å². The molecule has 0 spiro atoms. The van der Waals surface area contributed by atoms with E-state index < -0.39 is 0 Å². The van der Waals surface area contributed by atoms with Gasteiger partial charge in [0.25, 0.3) is 0 Å². The van der Waals surface area contributed by atoms with Gasteiger partial charge in [-0.15, -0.1) is 11.3 Å². The molecule has 1 N–H and O–H groups in total. The maximum atomic E-state index is 13.2. The molecule has 0 unspecified atom stereocenters. The van der Waals surface area contributed by atoms with Gasteiger partial charge < -0.3 is 5.32 Å². The second kappa shape index (κ2) is 5.72. The van der Waals surface area contributed by atoms with E-state index in [-0.39, 0.29) is 5.82 Å². The number of nitrogens with one attached hydrogen (secondary N) is 1.